The Hall–Kier alpha value is -0.650. The highest BCUT2D eigenvalue weighted by molar-refractivity contribution is 5.72. The molecule has 0 aromatic carbocycles. The molecule has 0 bridgehead atoms. The van der Waals surface area contributed by atoms with Crippen molar-refractivity contribution in [2.24, 2.45) is 34.5 Å². The van der Waals surface area contributed by atoms with Crippen molar-refractivity contribution in [2.75, 3.05) is 13.7 Å². The molecule has 0 aromatic rings. The van der Waals surface area contributed by atoms with Crippen LogP contribution in [0.25, 0.3) is 0 Å². The SMILES string of the molecule is CO[C@H]1CC[C@@]2(C)[C@@H](CC[C@@H]3[C@@H]2CC[C@@]2(C)[C@H]3C[C@H](C(=O)O)O[C@]23CCCO3)C1. The van der Waals surface area contributed by atoms with E-state index in [1.165, 1.54) is 38.5 Å². The van der Waals surface area contributed by atoms with Crippen molar-refractivity contribution in [2.45, 2.75) is 96.1 Å². The van der Waals surface area contributed by atoms with Gasteiger partial charge in [-0.1, -0.05) is 13.8 Å². The molecule has 5 nitrogen and oxygen atoms in total. The van der Waals surface area contributed by atoms with Crippen LogP contribution < -0.4 is 0 Å². The predicted octanol–water partition coefficient (Wildman–Crippen LogP) is 4.63. The maximum absolute atomic E-state index is 12.0. The van der Waals surface area contributed by atoms with Gasteiger partial charge in [0.05, 0.1) is 12.7 Å². The molecule has 5 rings (SSSR count). The molecule has 1 spiro atoms. The van der Waals surface area contributed by atoms with Crippen LogP contribution in [0.4, 0.5) is 0 Å². The van der Waals surface area contributed by atoms with Crippen LogP contribution in [0.5, 0.6) is 0 Å². The van der Waals surface area contributed by atoms with Crippen LogP contribution in [0.3, 0.4) is 0 Å². The lowest BCUT2D eigenvalue weighted by Crippen LogP contribution is -2.65. The Balaban J connectivity index is 1.47. The van der Waals surface area contributed by atoms with Gasteiger partial charge in [-0.25, -0.2) is 4.79 Å². The third kappa shape index (κ3) is 2.79. The highest BCUT2D eigenvalue weighted by Crippen LogP contribution is 2.68. The van der Waals surface area contributed by atoms with Gasteiger partial charge in [0.25, 0.3) is 0 Å². The lowest BCUT2D eigenvalue weighted by molar-refractivity contribution is -0.349. The fourth-order valence-electron chi connectivity index (χ4n) is 8.61. The number of hydrogen-bond donors (Lipinski definition) is 1. The number of fused-ring (bicyclic) bond motifs is 6. The third-order valence-electron chi connectivity index (χ3n) is 10.3. The van der Waals surface area contributed by atoms with E-state index < -0.39 is 17.9 Å². The van der Waals surface area contributed by atoms with Gasteiger partial charge in [0.2, 0.25) is 0 Å². The molecule has 29 heavy (non-hydrogen) atoms. The minimum atomic E-state index is -0.815. The van der Waals surface area contributed by atoms with Gasteiger partial charge in [-0.15, -0.1) is 0 Å². The van der Waals surface area contributed by atoms with Crippen molar-refractivity contribution in [3.8, 4) is 0 Å². The van der Waals surface area contributed by atoms with E-state index in [9.17, 15) is 9.90 Å². The summed E-state index contributed by atoms with van der Waals surface area (Å²) in [6.07, 6.45) is 10.6. The maximum atomic E-state index is 12.0. The average molecular weight is 407 g/mol. The normalized spacial score (nSPS) is 54.4. The molecule has 9 atom stereocenters. The second kappa shape index (κ2) is 6.93. The van der Waals surface area contributed by atoms with Gasteiger partial charge >= 0.3 is 5.97 Å². The largest absolute Gasteiger partial charge is 0.479 e. The van der Waals surface area contributed by atoms with Crippen LogP contribution in [-0.2, 0) is 19.0 Å². The molecule has 164 valence electrons. The fraction of sp³-hybridized carbons (Fsp3) is 0.958. The van der Waals surface area contributed by atoms with Gasteiger partial charge in [0.15, 0.2) is 11.9 Å². The van der Waals surface area contributed by atoms with Crippen molar-refractivity contribution in [1.82, 2.24) is 0 Å². The summed E-state index contributed by atoms with van der Waals surface area (Å²) in [5, 5.41) is 9.85. The van der Waals surface area contributed by atoms with E-state index in [1.54, 1.807) is 0 Å². The molecule has 1 N–H and O–H groups in total. The average Bonchev–Trinajstić information content (AvgIpc) is 3.17. The first-order chi connectivity index (χ1) is 13.8. The van der Waals surface area contributed by atoms with Crippen molar-refractivity contribution in [1.29, 1.82) is 0 Å². The number of aliphatic carboxylic acids is 1. The van der Waals surface area contributed by atoms with E-state index in [2.05, 4.69) is 13.8 Å². The quantitative estimate of drug-likeness (QED) is 0.724. The Morgan fingerprint density at radius 1 is 1.03 bits per heavy atom. The molecule has 0 amide bonds. The molecule has 0 aromatic heterocycles. The lowest BCUT2D eigenvalue weighted by Gasteiger charge is -2.65. The van der Waals surface area contributed by atoms with E-state index in [1.807, 2.05) is 7.11 Å². The first-order valence-corrected chi connectivity index (χ1v) is 11.9. The van der Waals surface area contributed by atoms with Gasteiger partial charge in [-0.05, 0) is 86.9 Å². The summed E-state index contributed by atoms with van der Waals surface area (Å²) in [5.41, 5.74) is 0.309. The first kappa shape index (κ1) is 20.3. The zero-order chi connectivity index (χ0) is 20.4. The number of ether oxygens (including phenoxy) is 3. The summed E-state index contributed by atoms with van der Waals surface area (Å²) < 4.78 is 18.3. The molecular weight excluding hydrogens is 368 g/mol. The van der Waals surface area contributed by atoms with Crippen LogP contribution >= 0.6 is 0 Å². The maximum Gasteiger partial charge on any atom is 0.332 e. The monoisotopic (exact) mass is 406 g/mol. The van der Waals surface area contributed by atoms with Crippen molar-refractivity contribution in [3.05, 3.63) is 0 Å². The van der Waals surface area contributed by atoms with Gasteiger partial charge < -0.3 is 19.3 Å². The van der Waals surface area contributed by atoms with E-state index in [-0.39, 0.29) is 5.41 Å². The second-order valence-corrected chi connectivity index (χ2v) is 11.1. The van der Waals surface area contributed by atoms with Crippen LogP contribution in [0.2, 0.25) is 0 Å². The Morgan fingerprint density at radius 3 is 2.55 bits per heavy atom. The number of carboxylic acid groups (broad SMARTS) is 1. The van der Waals surface area contributed by atoms with Crippen LogP contribution in [0.15, 0.2) is 0 Å². The lowest BCUT2D eigenvalue weighted by atomic mass is 9.42. The second-order valence-electron chi connectivity index (χ2n) is 11.1. The van der Waals surface area contributed by atoms with Gasteiger partial charge in [0, 0.05) is 18.9 Å². The van der Waals surface area contributed by atoms with Gasteiger partial charge in [0.1, 0.15) is 0 Å². The number of carbonyl (C=O) groups is 1. The molecule has 0 unspecified atom stereocenters. The first-order valence-electron chi connectivity index (χ1n) is 11.9. The fourth-order valence-corrected chi connectivity index (χ4v) is 8.61. The summed E-state index contributed by atoms with van der Waals surface area (Å²) >= 11 is 0. The zero-order valence-corrected chi connectivity index (χ0v) is 18.3. The molecule has 2 heterocycles. The molecule has 2 saturated heterocycles. The van der Waals surface area contributed by atoms with E-state index >= 15 is 0 Å². The number of hydrogen-bond acceptors (Lipinski definition) is 4. The standard InChI is InChI=1S/C24H38O5/c1-22-10-7-16(27-3)13-15(22)5-6-17-18(22)8-11-23(2)19(17)14-20(21(25)26)29-24(23)9-4-12-28-24/h15-20H,4-14H2,1-3H3,(H,25,26)/t15-,16-,17+,18-,19-,20+,22-,23-,24+/m0/s1. The van der Waals surface area contributed by atoms with Gasteiger partial charge in [-0.2, -0.15) is 0 Å². The van der Waals surface area contributed by atoms with Crippen molar-refractivity contribution >= 4 is 5.97 Å². The molecule has 5 aliphatic rings. The minimum absolute atomic E-state index is 0.0659. The van der Waals surface area contributed by atoms with E-state index in [0.29, 0.717) is 42.3 Å². The van der Waals surface area contributed by atoms with Crippen molar-refractivity contribution in [3.63, 3.8) is 0 Å². The third-order valence-corrected chi connectivity index (χ3v) is 10.3. The molecule has 3 saturated carbocycles. The zero-order valence-electron chi connectivity index (χ0n) is 18.3. The van der Waals surface area contributed by atoms with Crippen LogP contribution in [0.1, 0.15) is 78.1 Å². The van der Waals surface area contributed by atoms with Crippen LogP contribution in [-0.4, -0.2) is 42.8 Å². The van der Waals surface area contributed by atoms with E-state index in [0.717, 1.165) is 25.2 Å². The van der Waals surface area contributed by atoms with E-state index in [4.69, 9.17) is 14.2 Å². The molecule has 0 radical (unpaired) electrons. The topological polar surface area (TPSA) is 65.0 Å². The Morgan fingerprint density at radius 2 is 1.86 bits per heavy atom. The Bertz CT molecular complexity index is 658. The molecule has 2 aliphatic heterocycles. The highest BCUT2D eigenvalue weighted by atomic mass is 16.7. The molecular formula is C24H38O5. The number of methoxy groups -OCH3 is 1. The Labute approximate surface area is 174 Å². The number of carboxylic acids is 1. The smallest absolute Gasteiger partial charge is 0.332 e. The Kier molecular flexibility index (Phi) is 4.84. The summed E-state index contributed by atoms with van der Waals surface area (Å²) in [6, 6.07) is 0. The summed E-state index contributed by atoms with van der Waals surface area (Å²) in [7, 11) is 1.86. The molecule has 5 heteroatoms. The molecule has 5 fully saturated rings. The minimum Gasteiger partial charge on any atom is -0.479 e. The van der Waals surface area contributed by atoms with Gasteiger partial charge in [-0.3, -0.25) is 0 Å². The van der Waals surface area contributed by atoms with Crippen LogP contribution in [0, 0.1) is 34.5 Å². The molecule has 3 aliphatic carbocycles. The highest BCUT2D eigenvalue weighted by Gasteiger charge is 2.67. The number of rotatable bonds is 2. The summed E-state index contributed by atoms with van der Waals surface area (Å²) in [4.78, 5) is 12.0. The predicted molar refractivity (Wildman–Crippen MR) is 108 cm³/mol. The summed E-state index contributed by atoms with van der Waals surface area (Å²) in [5.74, 6) is 0.925. The van der Waals surface area contributed by atoms with Crippen molar-refractivity contribution < 1.29 is 24.1 Å². The summed E-state index contributed by atoms with van der Waals surface area (Å²) in [6.45, 7) is 5.59.